The Hall–Kier alpha value is -1.02. The van der Waals surface area contributed by atoms with Crippen molar-refractivity contribution >= 4 is 23.0 Å². The Bertz CT molecular complexity index is 314. The summed E-state index contributed by atoms with van der Waals surface area (Å²) < 4.78 is 0. The largest absolute Gasteiger partial charge is 0.282 e. The number of carbonyl (C=O) groups is 1. The van der Waals surface area contributed by atoms with Gasteiger partial charge in [0.25, 0.3) is 0 Å². The lowest BCUT2D eigenvalue weighted by Gasteiger charge is -1.98. The molecule has 0 bridgehead atoms. The molecule has 0 saturated heterocycles. The molecule has 0 aliphatic carbocycles. The second kappa shape index (κ2) is 5.66. The van der Waals surface area contributed by atoms with Crippen LogP contribution in [0.4, 0.5) is 0 Å². The first-order valence-corrected chi connectivity index (χ1v) is 5.50. The summed E-state index contributed by atoms with van der Waals surface area (Å²) in [6.07, 6.45) is 3.47. The van der Waals surface area contributed by atoms with Crippen LogP contribution in [0.2, 0.25) is 0 Å². The first-order valence-electron chi connectivity index (χ1n) is 4.62. The topological polar surface area (TPSA) is 17.1 Å². The Morgan fingerprint density at radius 1 is 1.29 bits per heavy atom. The Balaban J connectivity index is 2.52. The summed E-state index contributed by atoms with van der Waals surface area (Å²) >= 11 is 1.35. The monoisotopic (exact) mass is 206 g/mol. The molecular weight excluding hydrogens is 192 g/mol. The molecule has 0 saturated carbocycles. The van der Waals surface area contributed by atoms with Crippen LogP contribution in [0.3, 0.4) is 0 Å². The maximum Gasteiger partial charge on any atom is 0.212 e. The molecule has 2 heteroatoms. The Labute approximate surface area is 89.2 Å². The van der Waals surface area contributed by atoms with Crippen LogP contribution < -0.4 is 0 Å². The molecule has 0 spiro atoms. The minimum atomic E-state index is 0.115. The minimum Gasteiger partial charge on any atom is -0.282 e. The van der Waals surface area contributed by atoms with Crippen LogP contribution in [0.25, 0.3) is 6.08 Å². The minimum absolute atomic E-state index is 0.115. The van der Waals surface area contributed by atoms with E-state index in [4.69, 9.17) is 0 Å². The summed E-state index contributed by atoms with van der Waals surface area (Å²) in [5, 5.41) is 0.465. The molecule has 14 heavy (non-hydrogen) atoms. The maximum atomic E-state index is 11.3. The van der Waals surface area contributed by atoms with Crippen molar-refractivity contribution in [3.63, 3.8) is 0 Å². The highest BCUT2D eigenvalue weighted by Crippen LogP contribution is 2.12. The predicted octanol–water partition coefficient (Wildman–Crippen LogP) is 3.37. The molecule has 0 N–H and O–H groups in total. The number of thioether (sulfide) groups is 1. The smallest absolute Gasteiger partial charge is 0.212 e. The zero-order valence-electron chi connectivity index (χ0n) is 8.44. The molecule has 1 aromatic rings. The van der Waals surface area contributed by atoms with Gasteiger partial charge in [-0.05, 0) is 11.6 Å². The van der Waals surface area contributed by atoms with Crippen molar-refractivity contribution in [2.45, 2.75) is 19.1 Å². The van der Waals surface area contributed by atoms with Crippen molar-refractivity contribution < 1.29 is 4.79 Å². The fraction of sp³-hybridized carbons (Fsp3) is 0.250. The van der Waals surface area contributed by atoms with E-state index in [0.717, 1.165) is 5.56 Å². The molecule has 74 valence electrons. The summed E-state index contributed by atoms with van der Waals surface area (Å²) in [4.78, 5) is 11.3. The Morgan fingerprint density at radius 3 is 2.50 bits per heavy atom. The number of carbonyl (C=O) groups excluding carboxylic acids is 1. The average Bonchev–Trinajstić information content (AvgIpc) is 2.15. The van der Waals surface area contributed by atoms with E-state index < -0.39 is 0 Å². The number of hydrogen-bond donors (Lipinski definition) is 0. The molecule has 0 aliphatic heterocycles. The van der Waals surface area contributed by atoms with Gasteiger partial charge in [-0.15, -0.1) is 0 Å². The predicted molar refractivity (Wildman–Crippen MR) is 63.2 cm³/mol. The van der Waals surface area contributed by atoms with Gasteiger partial charge >= 0.3 is 0 Å². The highest BCUT2D eigenvalue weighted by atomic mass is 32.2. The van der Waals surface area contributed by atoms with Crippen LogP contribution >= 0.6 is 11.8 Å². The third kappa shape index (κ3) is 4.28. The van der Waals surface area contributed by atoms with E-state index in [9.17, 15) is 4.79 Å². The quantitative estimate of drug-likeness (QED) is 0.705. The van der Waals surface area contributed by atoms with E-state index in [-0.39, 0.29) is 5.12 Å². The summed E-state index contributed by atoms with van der Waals surface area (Å²) in [6, 6.07) is 9.83. The first-order chi connectivity index (χ1) is 6.68. The maximum absolute atomic E-state index is 11.3. The van der Waals surface area contributed by atoms with E-state index in [1.807, 2.05) is 50.3 Å². The van der Waals surface area contributed by atoms with E-state index in [0.29, 0.717) is 5.25 Å². The molecule has 1 nitrogen and oxygen atoms in total. The Kier molecular flexibility index (Phi) is 4.47. The Morgan fingerprint density at radius 2 is 1.93 bits per heavy atom. The van der Waals surface area contributed by atoms with E-state index in [1.54, 1.807) is 6.08 Å². The van der Waals surface area contributed by atoms with Crippen molar-refractivity contribution in [2.24, 2.45) is 0 Å². The van der Waals surface area contributed by atoms with Gasteiger partial charge in [-0.1, -0.05) is 62.0 Å². The van der Waals surface area contributed by atoms with Crippen LogP contribution in [0.1, 0.15) is 19.4 Å². The summed E-state index contributed by atoms with van der Waals surface area (Å²) in [7, 11) is 0. The van der Waals surface area contributed by atoms with Gasteiger partial charge in [-0.2, -0.15) is 0 Å². The van der Waals surface area contributed by atoms with Gasteiger partial charge in [0, 0.05) is 5.25 Å². The van der Waals surface area contributed by atoms with Gasteiger partial charge in [0.15, 0.2) is 0 Å². The van der Waals surface area contributed by atoms with Gasteiger partial charge in [0.1, 0.15) is 0 Å². The lowest BCUT2D eigenvalue weighted by Crippen LogP contribution is -1.93. The molecule has 1 rings (SSSR count). The van der Waals surface area contributed by atoms with Gasteiger partial charge in [0.05, 0.1) is 0 Å². The fourth-order valence-corrected chi connectivity index (χ4v) is 1.61. The van der Waals surface area contributed by atoms with Crippen LogP contribution in [0.5, 0.6) is 0 Å². The third-order valence-electron chi connectivity index (χ3n) is 1.56. The van der Waals surface area contributed by atoms with Gasteiger partial charge in [0.2, 0.25) is 5.12 Å². The highest BCUT2D eigenvalue weighted by molar-refractivity contribution is 8.14. The highest BCUT2D eigenvalue weighted by Gasteiger charge is 2.00. The third-order valence-corrected chi connectivity index (χ3v) is 2.40. The lowest BCUT2D eigenvalue weighted by atomic mass is 10.2. The van der Waals surface area contributed by atoms with E-state index >= 15 is 0 Å². The van der Waals surface area contributed by atoms with Crippen LogP contribution in [0.15, 0.2) is 36.4 Å². The van der Waals surface area contributed by atoms with Crippen molar-refractivity contribution in [1.29, 1.82) is 0 Å². The zero-order valence-corrected chi connectivity index (χ0v) is 9.25. The van der Waals surface area contributed by atoms with Gasteiger partial charge in [-0.3, -0.25) is 4.79 Å². The molecule has 0 aliphatic rings. The van der Waals surface area contributed by atoms with E-state index in [2.05, 4.69) is 0 Å². The second-order valence-corrected chi connectivity index (χ2v) is 4.81. The molecule has 0 radical (unpaired) electrons. The van der Waals surface area contributed by atoms with Crippen molar-refractivity contribution in [3.05, 3.63) is 42.0 Å². The number of hydrogen-bond acceptors (Lipinski definition) is 2. The van der Waals surface area contributed by atoms with Crippen LogP contribution in [-0.2, 0) is 4.79 Å². The zero-order chi connectivity index (χ0) is 10.4. The molecule has 0 unspecified atom stereocenters. The molecule has 1 aromatic carbocycles. The van der Waals surface area contributed by atoms with E-state index in [1.165, 1.54) is 11.8 Å². The summed E-state index contributed by atoms with van der Waals surface area (Å²) in [5.74, 6) is 0. The van der Waals surface area contributed by atoms with Gasteiger partial charge in [-0.25, -0.2) is 0 Å². The fourth-order valence-electron chi connectivity index (χ4n) is 1.00. The first kappa shape index (κ1) is 11.1. The van der Waals surface area contributed by atoms with Crippen molar-refractivity contribution in [1.82, 2.24) is 0 Å². The molecular formula is C12H14OS. The second-order valence-electron chi connectivity index (χ2n) is 3.23. The van der Waals surface area contributed by atoms with Crippen molar-refractivity contribution in [3.8, 4) is 0 Å². The number of rotatable bonds is 3. The summed E-state index contributed by atoms with van der Waals surface area (Å²) in [6.45, 7) is 4.03. The SMILES string of the molecule is CC(C)SC(=O)/C=C/c1ccccc1. The standard InChI is InChI=1S/C12H14OS/c1-10(2)14-12(13)9-8-11-6-4-3-5-7-11/h3-10H,1-2H3/b9-8+. The van der Waals surface area contributed by atoms with Crippen LogP contribution in [0, 0.1) is 0 Å². The molecule has 0 heterocycles. The normalized spacial score (nSPS) is 11.1. The van der Waals surface area contributed by atoms with Crippen LogP contribution in [-0.4, -0.2) is 10.4 Å². The van der Waals surface area contributed by atoms with Crippen molar-refractivity contribution in [2.75, 3.05) is 0 Å². The molecule has 0 aromatic heterocycles. The number of benzene rings is 1. The average molecular weight is 206 g/mol. The van der Waals surface area contributed by atoms with Gasteiger partial charge < -0.3 is 0 Å². The lowest BCUT2D eigenvalue weighted by molar-refractivity contribution is -0.107. The molecule has 0 atom stereocenters. The molecule has 0 fully saturated rings. The molecule has 0 amide bonds. The summed E-state index contributed by atoms with van der Waals surface area (Å²) in [5.41, 5.74) is 1.06.